The highest BCUT2D eigenvalue weighted by Gasteiger charge is 2.39. The van der Waals surface area contributed by atoms with E-state index in [1.807, 2.05) is 0 Å². The van der Waals surface area contributed by atoms with E-state index in [-0.39, 0.29) is 7.92 Å². The molecule has 0 aromatic carbocycles. The van der Waals surface area contributed by atoms with Gasteiger partial charge in [-0.1, -0.05) is 35.1 Å². The second-order valence-electron chi connectivity index (χ2n) is 4.74. The first-order chi connectivity index (χ1) is 6.57. The van der Waals surface area contributed by atoms with Gasteiger partial charge in [0.25, 0.3) is 0 Å². The molecule has 0 aromatic rings. The van der Waals surface area contributed by atoms with Gasteiger partial charge in [0, 0.05) is 5.66 Å². The van der Waals surface area contributed by atoms with Gasteiger partial charge >= 0.3 is 0 Å². The van der Waals surface area contributed by atoms with E-state index in [1.54, 1.807) is 6.92 Å². The Morgan fingerprint density at radius 1 is 1.43 bits per heavy atom. The van der Waals surface area contributed by atoms with Crippen LogP contribution in [0.5, 0.6) is 0 Å². The molecule has 0 N–H and O–H groups in total. The number of unbranched alkanes of at least 4 members (excludes halogenated alkanes) is 1. The van der Waals surface area contributed by atoms with Crippen LogP contribution in [0.2, 0.25) is 0 Å². The Morgan fingerprint density at radius 3 is 2.57 bits per heavy atom. The Kier molecular flexibility index (Phi) is 4.57. The molecule has 1 saturated heterocycles. The molecular weight excluding hydrogens is 191 g/mol. The van der Waals surface area contributed by atoms with E-state index in [2.05, 4.69) is 20.8 Å². The number of Topliss-reactive ketones (excluding diaryl/α,β-unsaturated/α-hetero) is 1. The molecule has 0 spiro atoms. The maximum Gasteiger partial charge on any atom is 0.137 e. The number of rotatable bonds is 4. The van der Waals surface area contributed by atoms with Crippen LogP contribution in [0.15, 0.2) is 0 Å². The second-order valence-corrected chi connectivity index (χ2v) is 7.29. The fourth-order valence-electron chi connectivity index (χ4n) is 2.51. The van der Waals surface area contributed by atoms with Crippen molar-refractivity contribution in [1.82, 2.24) is 0 Å². The Morgan fingerprint density at radius 2 is 2.07 bits per heavy atom. The van der Waals surface area contributed by atoms with Crippen LogP contribution in [0, 0.1) is 11.8 Å². The van der Waals surface area contributed by atoms with Crippen LogP contribution in [0.25, 0.3) is 0 Å². The molecule has 0 bridgehead atoms. The molecule has 0 saturated carbocycles. The van der Waals surface area contributed by atoms with Crippen LogP contribution < -0.4 is 0 Å². The lowest BCUT2D eigenvalue weighted by Gasteiger charge is -2.20. The van der Waals surface area contributed by atoms with Gasteiger partial charge in [-0.2, -0.15) is 0 Å². The van der Waals surface area contributed by atoms with Gasteiger partial charge in [-0.25, -0.2) is 0 Å². The number of carbonyl (C=O) groups is 1. The van der Waals surface area contributed by atoms with Gasteiger partial charge in [0.15, 0.2) is 0 Å². The highest BCUT2D eigenvalue weighted by Crippen LogP contribution is 2.55. The third-order valence-corrected chi connectivity index (χ3v) is 7.08. The van der Waals surface area contributed by atoms with Crippen LogP contribution in [0.4, 0.5) is 0 Å². The molecule has 0 aromatic heterocycles. The van der Waals surface area contributed by atoms with Gasteiger partial charge < -0.3 is 0 Å². The standard InChI is InChI=1S/C12H23OP/c1-5-6-7-14-8-9(2)10(3)12(14)11(4)13/h9-10,12H,5-8H2,1-4H3. The summed E-state index contributed by atoms with van der Waals surface area (Å²) in [4.78, 5) is 11.6. The van der Waals surface area contributed by atoms with Crippen LogP contribution in [0.3, 0.4) is 0 Å². The third-order valence-electron chi connectivity index (χ3n) is 3.53. The molecule has 2 heteroatoms. The third kappa shape index (κ3) is 2.57. The van der Waals surface area contributed by atoms with Gasteiger partial charge in [0.2, 0.25) is 0 Å². The van der Waals surface area contributed by atoms with Gasteiger partial charge in [0.1, 0.15) is 5.78 Å². The summed E-state index contributed by atoms with van der Waals surface area (Å²) in [6, 6.07) is 0. The van der Waals surface area contributed by atoms with E-state index < -0.39 is 0 Å². The van der Waals surface area contributed by atoms with Gasteiger partial charge in [-0.05, 0) is 37.5 Å². The minimum absolute atomic E-state index is 0.0179. The summed E-state index contributed by atoms with van der Waals surface area (Å²) < 4.78 is 0. The van der Waals surface area contributed by atoms with Crippen molar-refractivity contribution < 1.29 is 4.79 Å². The summed E-state index contributed by atoms with van der Waals surface area (Å²) in [6.07, 6.45) is 5.24. The lowest BCUT2D eigenvalue weighted by Crippen LogP contribution is -2.22. The van der Waals surface area contributed by atoms with E-state index in [0.29, 0.717) is 17.4 Å². The molecule has 0 amide bonds. The minimum Gasteiger partial charge on any atom is -0.299 e. The highest BCUT2D eigenvalue weighted by molar-refractivity contribution is 7.59. The van der Waals surface area contributed by atoms with E-state index in [0.717, 1.165) is 5.92 Å². The van der Waals surface area contributed by atoms with Crippen LogP contribution in [-0.2, 0) is 4.79 Å². The zero-order valence-corrected chi connectivity index (χ0v) is 10.8. The zero-order chi connectivity index (χ0) is 10.7. The quantitative estimate of drug-likeness (QED) is 0.654. The first-order valence-corrected chi connectivity index (χ1v) is 7.60. The summed E-state index contributed by atoms with van der Waals surface area (Å²) in [6.45, 7) is 8.61. The summed E-state index contributed by atoms with van der Waals surface area (Å²) in [5.41, 5.74) is 0.423. The normalized spacial score (nSPS) is 37.4. The van der Waals surface area contributed by atoms with E-state index in [4.69, 9.17) is 0 Å². The molecule has 1 aliphatic rings. The fraction of sp³-hybridized carbons (Fsp3) is 0.917. The van der Waals surface area contributed by atoms with Gasteiger partial charge in [-0.15, -0.1) is 0 Å². The zero-order valence-electron chi connectivity index (χ0n) is 9.92. The molecule has 1 heterocycles. The summed E-state index contributed by atoms with van der Waals surface area (Å²) in [7, 11) is 0.0179. The number of ketones is 1. The monoisotopic (exact) mass is 214 g/mol. The smallest absolute Gasteiger partial charge is 0.137 e. The number of carbonyl (C=O) groups excluding carboxylic acids is 1. The van der Waals surface area contributed by atoms with Crippen molar-refractivity contribution in [1.29, 1.82) is 0 Å². The molecule has 4 unspecified atom stereocenters. The minimum atomic E-state index is 0.0179. The lowest BCUT2D eigenvalue weighted by molar-refractivity contribution is -0.117. The molecule has 14 heavy (non-hydrogen) atoms. The van der Waals surface area contributed by atoms with E-state index in [9.17, 15) is 4.79 Å². The van der Waals surface area contributed by atoms with Crippen LogP contribution in [0.1, 0.15) is 40.5 Å². The van der Waals surface area contributed by atoms with Crippen LogP contribution in [-0.4, -0.2) is 23.8 Å². The maximum absolute atomic E-state index is 11.6. The van der Waals surface area contributed by atoms with E-state index in [1.165, 1.54) is 25.2 Å². The summed E-state index contributed by atoms with van der Waals surface area (Å²) in [5.74, 6) is 1.85. The first kappa shape index (κ1) is 12.2. The number of hydrogen-bond donors (Lipinski definition) is 0. The maximum atomic E-state index is 11.6. The molecule has 1 rings (SSSR count). The fourth-order valence-corrected chi connectivity index (χ4v) is 6.47. The average molecular weight is 214 g/mol. The molecule has 0 aliphatic carbocycles. The molecule has 1 nitrogen and oxygen atoms in total. The van der Waals surface area contributed by atoms with Crippen molar-refractivity contribution in [2.45, 2.75) is 46.2 Å². The Labute approximate surface area is 89.4 Å². The predicted octanol–water partition coefficient (Wildman–Crippen LogP) is 3.51. The Hall–Kier alpha value is 0.100. The number of hydrogen-bond acceptors (Lipinski definition) is 1. The SMILES string of the molecule is CCCCP1CC(C)C(C)C1C(C)=O. The topological polar surface area (TPSA) is 17.1 Å². The molecule has 4 atom stereocenters. The summed E-state index contributed by atoms with van der Waals surface area (Å²) in [5, 5.41) is 0. The van der Waals surface area contributed by atoms with Crippen molar-refractivity contribution in [3.63, 3.8) is 0 Å². The van der Waals surface area contributed by atoms with Crippen molar-refractivity contribution in [3.05, 3.63) is 0 Å². The summed E-state index contributed by atoms with van der Waals surface area (Å²) >= 11 is 0. The van der Waals surface area contributed by atoms with Gasteiger partial charge in [-0.3, -0.25) is 4.79 Å². The van der Waals surface area contributed by atoms with Crippen LogP contribution >= 0.6 is 7.92 Å². The molecule has 1 fully saturated rings. The molecule has 0 radical (unpaired) electrons. The largest absolute Gasteiger partial charge is 0.299 e. The molecule has 1 aliphatic heterocycles. The average Bonchev–Trinajstić information content (AvgIpc) is 2.39. The highest BCUT2D eigenvalue weighted by atomic mass is 31.1. The van der Waals surface area contributed by atoms with Crippen molar-refractivity contribution >= 4 is 13.7 Å². The first-order valence-electron chi connectivity index (χ1n) is 5.82. The molecular formula is C12H23OP. The van der Waals surface area contributed by atoms with Crippen molar-refractivity contribution in [3.8, 4) is 0 Å². The second kappa shape index (κ2) is 5.26. The van der Waals surface area contributed by atoms with Crippen molar-refractivity contribution in [2.24, 2.45) is 11.8 Å². The Bertz CT molecular complexity index is 202. The lowest BCUT2D eigenvalue weighted by atomic mass is 9.93. The Balaban J connectivity index is 2.60. The molecule has 82 valence electrons. The van der Waals surface area contributed by atoms with Crippen molar-refractivity contribution in [2.75, 3.05) is 12.3 Å². The van der Waals surface area contributed by atoms with E-state index >= 15 is 0 Å². The van der Waals surface area contributed by atoms with Gasteiger partial charge in [0.05, 0.1) is 0 Å². The predicted molar refractivity (Wildman–Crippen MR) is 64.4 cm³/mol.